The first kappa shape index (κ1) is 50.6. The maximum atomic E-state index is 15.4. The molecule has 6 aromatic rings. The monoisotopic (exact) mass is 988 g/mol. The first-order valence-corrected chi connectivity index (χ1v) is 25.0. The molecule has 0 spiro atoms. The second-order valence-electron chi connectivity index (χ2n) is 16.1. The zero-order chi connectivity index (χ0) is 48.9. The number of carbonyl (C=O) groups excluding carboxylic acids is 3. The van der Waals surface area contributed by atoms with E-state index in [9.17, 15) is 27.2 Å². The number of aromatic amines is 1. The van der Waals surface area contributed by atoms with Gasteiger partial charge in [-0.3, -0.25) is 19.1 Å². The molecule has 1 saturated heterocycles. The van der Waals surface area contributed by atoms with Gasteiger partial charge >= 0.3 is 0 Å². The molecule has 1 aliphatic heterocycles. The Hall–Kier alpha value is -6.32. The van der Waals surface area contributed by atoms with Gasteiger partial charge in [-0.25, -0.2) is 27.2 Å². The van der Waals surface area contributed by atoms with Crippen LogP contribution >= 0.6 is 11.3 Å². The van der Waals surface area contributed by atoms with Crippen LogP contribution in [0.3, 0.4) is 0 Å². The van der Waals surface area contributed by atoms with Crippen LogP contribution in [0.5, 0.6) is 11.5 Å². The van der Waals surface area contributed by atoms with E-state index in [0.717, 1.165) is 40.3 Å². The van der Waals surface area contributed by atoms with Gasteiger partial charge in [-0.05, 0) is 69.0 Å². The Morgan fingerprint density at radius 1 is 0.884 bits per heavy atom. The van der Waals surface area contributed by atoms with Gasteiger partial charge in [0.2, 0.25) is 21.7 Å². The number of ketones is 1. The lowest BCUT2D eigenvalue weighted by atomic mass is 10.0. The number of likely N-dealkylation sites (tertiary alicyclic amines) is 1. The number of nitrogens with one attached hydrogen (secondary N) is 3. The first-order valence-electron chi connectivity index (χ1n) is 22.5. The lowest BCUT2D eigenvalue weighted by Gasteiger charge is -2.25. The average Bonchev–Trinajstić information content (AvgIpc) is 4.11. The summed E-state index contributed by atoms with van der Waals surface area (Å²) in [6.45, 7) is 8.46. The molecule has 7 rings (SSSR count). The summed E-state index contributed by atoms with van der Waals surface area (Å²) in [5, 5.41) is 3.27. The van der Waals surface area contributed by atoms with Crippen molar-refractivity contribution < 1.29 is 55.3 Å². The molecule has 3 aromatic heterocycles. The number of H-pyrrole nitrogens is 1. The molecule has 16 nitrogen and oxygen atoms in total. The number of hydrogen-bond donors (Lipinski definition) is 3. The van der Waals surface area contributed by atoms with Gasteiger partial charge in [0.05, 0.1) is 74.0 Å². The van der Waals surface area contributed by atoms with Crippen molar-refractivity contribution in [2.24, 2.45) is 0 Å². The molecule has 1 aliphatic rings. The van der Waals surface area contributed by atoms with Gasteiger partial charge in [0.15, 0.2) is 5.82 Å². The van der Waals surface area contributed by atoms with Crippen LogP contribution in [0.25, 0.3) is 22.3 Å². The van der Waals surface area contributed by atoms with E-state index in [2.05, 4.69) is 25.0 Å². The molecular formula is C49H54F2N6O10S2. The smallest absolute Gasteiger partial charge is 0.254 e. The summed E-state index contributed by atoms with van der Waals surface area (Å²) in [6.07, 6.45) is 4.29. The van der Waals surface area contributed by atoms with Crippen LogP contribution < -0.4 is 19.5 Å². The van der Waals surface area contributed by atoms with Gasteiger partial charge in [0.1, 0.15) is 42.2 Å². The maximum absolute atomic E-state index is 15.4. The molecule has 20 heteroatoms. The number of amides is 2. The standard InChI is InChI=1S/C49H54F2N6O10S2/c1-4-25-69(61,62)56-40-15-14-39(50)43(44(40)51)46(58)38-29-53-47-37(38)26-35(28-52-47)66-23-21-64-19-17-63-18-20-65-22-24-67-42-9-5-7-36(31(42)2)49(60)57-16-6-8-41(57)48(59)54-27-33-10-12-34(13-11-33)45-32(3)68-30-55-45/h5,7,9-15,26,28-30,41,56H,4,6,8,16-25,27H2,1-3H3,(H,52,53)(H,54,59). The number of halogens is 2. The number of anilines is 1. The zero-order valence-electron chi connectivity index (χ0n) is 38.5. The molecular weight excluding hydrogens is 935 g/mol. The number of rotatable bonds is 25. The van der Waals surface area contributed by atoms with Crippen LogP contribution in [0.1, 0.15) is 68.5 Å². The van der Waals surface area contributed by atoms with E-state index in [1.807, 2.05) is 43.6 Å². The minimum Gasteiger partial charge on any atom is -0.491 e. The van der Waals surface area contributed by atoms with Gasteiger partial charge in [-0.1, -0.05) is 37.3 Å². The van der Waals surface area contributed by atoms with Gasteiger partial charge in [-0.2, -0.15) is 0 Å². The Morgan fingerprint density at radius 2 is 1.59 bits per heavy atom. The normalized spacial score (nSPS) is 13.8. The highest BCUT2D eigenvalue weighted by atomic mass is 32.2. The van der Waals surface area contributed by atoms with Crippen LogP contribution in [0.15, 0.2) is 78.6 Å². The average molecular weight is 989 g/mol. The molecule has 1 atom stereocenters. The predicted octanol–water partition coefficient (Wildman–Crippen LogP) is 7.39. The fourth-order valence-corrected chi connectivity index (χ4v) is 9.52. The summed E-state index contributed by atoms with van der Waals surface area (Å²) in [5.41, 5.74) is 4.70. The second kappa shape index (κ2) is 23.8. The fourth-order valence-electron chi connectivity index (χ4n) is 7.79. The minimum atomic E-state index is -3.90. The van der Waals surface area contributed by atoms with E-state index in [1.165, 1.54) is 18.5 Å². The molecule has 366 valence electrons. The lowest BCUT2D eigenvalue weighted by Crippen LogP contribution is -2.45. The number of nitrogens with zero attached hydrogens (tertiary/aromatic N) is 3. The number of sulfonamides is 1. The summed E-state index contributed by atoms with van der Waals surface area (Å²) < 4.78 is 85.2. The fraction of sp³-hybridized carbons (Fsp3) is 0.367. The molecule has 3 N–H and O–H groups in total. The Kier molecular flexibility index (Phi) is 17.4. The number of fused-ring (bicyclic) bond motifs is 1. The largest absolute Gasteiger partial charge is 0.491 e. The molecule has 1 unspecified atom stereocenters. The molecule has 0 bridgehead atoms. The van der Waals surface area contributed by atoms with E-state index >= 15 is 4.39 Å². The van der Waals surface area contributed by atoms with Crippen LogP contribution in [0.4, 0.5) is 14.5 Å². The number of carbonyl (C=O) groups is 3. The number of pyridine rings is 1. The Bertz CT molecular complexity index is 2860. The van der Waals surface area contributed by atoms with E-state index in [1.54, 1.807) is 41.4 Å². The number of aryl methyl sites for hydroxylation is 1. The summed E-state index contributed by atoms with van der Waals surface area (Å²) in [4.78, 5) is 54.8. The molecule has 0 radical (unpaired) electrons. The van der Waals surface area contributed by atoms with Crippen molar-refractivity contribution >= 4 is 55.7 Å². The summed E-state index contributed by atoms with van der Waals surface area (Å²) >= 11 is 1.60. The third-order valence-corrected chi connectivity index (χ3v) is 13.5. The van der Waals surface area contributed by atoms with E-state index in [0.29, 0.717) is 62.8 Å². The van der Waals surface area contributed by atoms with Crippen molar-refractivity contribution in [2.75, 3.05) is 69.9 Å². The van der Waals surface area contributed by atoms with Crippen LogP contribution in [0.2, 0.25) is 0 Å². The number of aromatic nitrogens is 3. The third kappa shape index (κ3) is 12.9. The number of ether oxygens (including phenoxy) is 5. The Labute approximate surface area is 402 Å². The van der Waals surface area contributed by atoms with Crippen molar-refractivity contribution in [3.8, 4) is 22.8 Å². The van der Waals surface area contributed by atoms with Gasteiger partial charge in [0.25, 0.3) is 5.91 Å². The molecule has 3 aromatic carbocycles. The van der Waals surface area contributed by atoms with E-state index in [-0.39, 0.29) is 72.8 Å². The number of benzene rings is 3. The highest BCUT2D eigenvalue weighted by Crippen LogP contribution is 2.30. The van der Waals surface area contributed by atoms with Gasteiger partial charge in [-0.15, -0.1) is 11.3 Å². The van der Waals surface area contributed by atoms with Gasteiger partial charge in [0, 0.05) is 51.8 Å². The Morgan fingerprint density at radius 3 is 2.29 bits per heavy atom. The zero-order valence-corrected chi connectivity index (χ0v) is 40.1. The summed E-state index contributed by atoms with van der Waals surface area (Å²) in [5.74, 6) is -3.31. The highest BCUT2D eigenvalue weighted by molar-refractivity contribution is 7.92. The summed E-state index contributed by atoms with van der Waals surface area (Å²) in [7, 11) is -3.90. The molecule has 2 amide bonds. The van der Waals surface area contributed by atoms with Crippen molar-refractivity contribution in [3.63, 3.8) is 0 Å². The van der Waals surface area contributed by atoms with E-state index < -0.39 is 44.7 Å². The topological polar surface area (TPSA) is 200 Å². The minimum absolute atomic E-state index is 0.0824. The molecule has 0 aliphatic carbocycles. The predicted molar refractivity (Wildman–Crippen MR) is 256 cm³/mol. The Balaban J connectivity index is 0.769. The van der Waals surface area contributed by atoms with Gasteiger partial charge < -0.3 is 38.9 Å². The maximum Gasteiger partial charge on any atom is 0.254 e. The van der Waals surface area contributed by atoms with Crippen LogP contribution in [0, 0.1) is 25.5 Å². The number of thiazole rings is 1. The first-order chi connectivity index (χ1) is 33.3. The lowest BCUT2D eigenvalue weighted by molar-refractivity contribution is -0.125. The quantitative estimate of drug-likeness (QED) is 0.0380. The number of hydrogen-bond acceptors (Lipinski definition) is 13. The van der Waals surface area contributed by atoms with E-state index in [4.69, 9.17) is 23.7 Å². The molecule has 1 fully saturated rings. The second-order valence-corrected chi connectivity index (χ2v) is 19.0. The highest BCUT2D eigenvalue weighted by Gasteiger charge is 2.35. The van der Waals surface area contributed by atoms with Crippen molar-refractivity contribution in [2.45, 2.75) is 52.6 Å². The summed E-state index contributed by atoms with van der Waals surface area (Å²) in [6, 6.07) is 16.0. The SMILES string of the molecule is CCCS(=O)(=O)Nc1ccc(F)c(C(=O)c2c[nH]c3ncc(OCCOCCOCCOCCOc4cccc(C(=O)N5CCCC5C(=O)NCc5ccc(-c6ncsc6C)cc5)c4C)cc23)c1F. The third-order valence-electron chi connectivity index (χ3n) is 11.3. The molecule has 0 saturated carbocycles. The molecule has 69 heavy (non-hydrogen) atoms. The van der Waals surface area contributed by atoms with Crippen molar-refractivity contribution in [1.29, 1.82) is 0 Å². The van der Waals surface area contributed by atoms with Crippen LogP contribution in [-0.2, 0) is 35.6 Å². The molecule has 4 heterocycles. The van der Waals surface area contributed by atoms with Crippen molar-refractivity contribution in [1.82, 2.24) is 25.2 Å². The van der Waals surface area contributed by atoms with Crippen molar-refractivity contribution in [3.05, 3.63) is 123 Å². The van der Waals surface area contributed by atoms with Crippen LogP contribution in [-0.4, -0.2) is 117 Å².